The van der Waals surface area contributed by atoms with Gasteiger partial charge in [-0.15, -0.1) is 11.3 Å². The van der Waals surface area contributed by atoms with Gasteiger partial charge < -0.3 is 4.90 Å². The van der Waals surface area contributed by atoms with Crippen LogP contribution in [0.2, 0.25) is 0 Å². The van der Waals surface area contributed by atoms with E-state index in [-0.39, 0.29) is 5.91 Å². The Bertz CT molecular complexity index is 793. The van der Waals surface area contributed by atoms with Crippen LogP contribution < -0.4 is 0 Å². The van der Waals surface area contributed by atoms with Crippen LogP contribution in [-0.4, -0.2) is 52.9 Å². The lowest BCUT2D eigenvalue weighted by atomic mass is 10.0. The molecule has 1 amide bonds. The van der Waals surface area contributed by atoms with Gasteiger partial charge in [0, 0.05) is 24.7 Å². The molecule has 0 N–H and O–H groups in total. The number of piperidine rings is 1. The Balaban J connectivity index is 1.35. The van der Waals surface area contributed by atoms with E-state index in [9.17, 15) is 4.79 Å². The molecule has 0 spiro atoms. The third kappa shape index (κ3) is 3.76. The highest BCUT2D eigenvalue weighted by Gasteiger charge is 2.36. The number of carbonyl (C=O) groups excluding carboxylic acids is 1. The van der Waals surface area contributed by atoms with Crippen molar-refractivity contribution >= 4 is 17.2 Å². The van der Waals surface area contributed by atoms with Gasteiger partial charge in [-0.1, -0.05) is 30.5 Å². The molecule has 3 heterocycles. The summed E-state index contributed by atoms with van der Waals surface area (Å²) in [5.74, 6) is 6.23. The molecule has 0 unspecified atom stereocenters. The van der Waals surface area contributed by atoms with Crippen LogP contribution in [0.15, 0.2) is 36.5 Å². The first-order valence-electron chi connectivity index (χ1n) is 8.86. The Morgan fingerprint density at radius 3 is 2.60 bits per heavy atom. The van der Waals surface area contributed by atoms with Crippen molar-refractivity contribution in [1.29, 1.82) is 0 Å². The summed E-state index contributed by atoms with van der Waals surface area (Å²) in [6, 6.07) is 10.4. The van der Waals surface area contributed by atoms with Crippen LogP contribution in [0.5, 0.6) is 0 Å². The van der Waals surface area contributed by atoms with E-state index in [4.69, 9.17) is 0 Å². The van der Waals surface area contributed by atoms with Crippen molar-refractivity contribution in [3.05, 3.63) is 52.0 Å². The molecule has 2 aliphatic heterocycles. The quantitative estimate of drug-likeness (QED) is 0.781. The first kappa shape index (κ1) is 16.3. The minimum absolute atomic E-state index is 0.0959. The molecule has 4 rings (SSSR count). The van der Waals surface area contributed by atoms with E-state index in [1.54, 1.807) is 6.20 Å². The van der Waals surface area contributed by atoms with E-state index >= 15 is 0 Å². The zero-order chi connectivity index (χ0) is 17.1. The molecule has 0 bridgehead atoms. The highest BCUT2D eigenvalue weighted by molar-refractivity contribution is 7.14. The van der Waals surface area contributed by atoms with E-state index in [1.165, 1.54) is 43.7 Å². The predicted octanol–water partition coefficient (Wildman–Crippen LogP) is 2.85. The lowest BCUT2D eigenvalue weighted by Crippen LogP contribution is -2.61. The van der Waals surface area contributed by atoms with E-state index in [0.717, 1.165) is 18.7 Å². The molecule has 2 fully saturated rings. The first-order chi connectivity index (χ1) is 12.3. The SMILES string of the molecule is O=C(c1cnc(C#Cc2ccccc2)s1)N1CC(N2CCCCC2)C1. The molecule has 1 aromatic carbocycles. The number of aromatic nitrogens is 1. The molecule has 0 atom stereocenters. The van der Waals surface area contributed by atoms with Gasteiger partial charge in [0.25, 0.3) is 5.91 Å². The van der Waals surface area contributed by atoms with Gasteiger partial charge in [-0.25, -0.2) is 4.98 Å². The highest BCUT2D eigenvalue weighted by atomic mass is 32.1. The summed E-state index contributed by atoms with van der Waals surface area (Å²) in [4.78, 5) is 22.0. The average Bonchev–Trinajstić information content (AvgIpc) is 3.09. The minimum Gasteiger partial charge on any atom is -0.335 e. The predicted molar refractivity (Wildman–Crippen MR) is 99.7 cm³/mol. The number of likely N-dealkylation sites (tertiary alicyclic amines) is 2. The summed E-state index contributed by atoms with van der Waals surface area (Å²) in [6.45, 7) is 4.07. The highest BCUT2D eigenvalue weighted by Crippen LogP contribution is 2.23. The maximum atomic E-state index is 12.6. The number of nitrogens with zero attached hydrogens (tertiary/aromatic N) is 3. The lowest BCUT2D eigenvalue weighted by molar-refractivity contribution is 0.0207. The Kier molecular flexibility index (Phi) is 4.82. The van der Waals surface area contributed by atoms with Gasteiger partial charge in [-0.2, -0.15) is 0 Å². The molecular weight excluding hydrogens is 330 g/mol. The summed E-state index contributed by atoms with van der Waals surface area (Å²) >= 11 is 1.39. The van der Waals surface area contributed by atoms with Crippen molar-refractivity contribution in [2.45, 2.75) is 25.3 Å². The first-order valence-corrected chi connectivity index (χ1v) is 9.67. The summed E-state index contributed by atoms with van der Waals surface area (Å²) in [5.41, 5.74) is 0.956. The van der Waals surface area contributed by atoms with Crippen molar-refractivity contribution in [2.75, 3.05) is 26.2 Å². The van der Waals surface area contributed by atoms with Gasteiger partial charge in [-0.3, -0.25) is 9.69 Å². The van der Waals surface area contributed by atoms with E-state index in [0.29, 0.717) is 15.9 Å². The Labute approximate surface area is 152 Å². The van der Waals surface area contributed by atoms with Crippen LogP contribution in [0.4, 0.5) is 0 Å². The molecule has 0 aliphatic carbocycles. The van der Waals surface area contributed by atoms with Gasteiger partial charge in [0.2, 0.25) is 0 Å². The molecule has 2 aromatic rings. The Morgan fingerprint density at radius 1 is 1.08 bits per heavy atom. The number of hydrogen-bond acceptors (Lipinski definition) is 4. The van der Waals surface area contributed by atoms with Gasteiger partial charge >= 0.3 is 0 Å². The second kappa shape index (κ2) is 7.38. The van der Waals surface area contributed by atoms with Crippen molar-refractivity contribution in [2.24, 2.45) is 0 Å². The van der Waals surface area contributed by atoms with Gasteiger partial charge in [0.15, 0.2) is 5.01 Å². The molecule has 0 radical (unpaired) electrons. The summed E-state index contributed by atoms with van der Waals surface area (Å²) in [6.07, 6.45) is 5.60. The zero-order valence-electron chi connectivity index (χ0n) is 14.1. The molecule has 128 valence electrons. The van der Waals surface area contributed by atoms with Crippen LogP contribution >= 0.6 is 11.3 Å². The number of thiazole rings is 1. The normalized spacial score (nSPS) is 18.3. The van der Waals surface area contributed by atoms with Crippen LogP contribution in [0.3, 0.4) is 0 Å². The van der Waals surface area contributed by atoms with E-state index in [2.05, 4.69) is 21.7 Å². The number of rotatable bonds is 2. The molecule has 0 saturated carbocycles. The molecular formula is C20H21N3OS. The average molecular weight is 351 g/mol. The summed E-state index contributed by atoms with van der Waals surface area (Å²) < 4.78 is 0. The fraction of sp³-hybridized carbons (Fsp3) is 0.400. The third-order valence-corrected chi connectivity index (χ3v) is 5.76. The van der Waals surface area contributed by atoms with Crippen LogP contribution in [0, 0.1) is 11.8 Å². The summed E-state index contributed by atoms with van der Waals surface area (Å²) in [5, 5.41) is 0.695. The third-order valence-electron chi connectivity index (χ3n) is 4.86. The maximum absolute atomic E-state index is 12.6. The number of carbonyl (C=O) groups is 1. The molecule has 5 heteroatoms. The fourth-order valence-electron chi connectivity index (χ4n) is 3.37. The van der Waals surface area contributed by atoms with Crippen LogP contribution in [0.1, 0.15) is 39.5 Å². The number of benzene rings is 1. The second-order valence-corrected chi connectivity index (χ2v) is 7.64. The van der Waals surface area contributed by atoms with Gasteiger partial charge in [-0.05, 0) is 44.0 Å². The molecule has 2 saturated heterocycles. The molecule has 1 aromatic heterocycles. The van der Waals surface area contributed by atoms with Crippen molar-refractivity contribution < 1.29 is 4.79 Å². The van der Waals surface area contributed by atoms with Crippen LogP contribution in [0.25, 0.3) is 0 Å². The monoisotopic (exact) mass is 351 g/mol. The smallest absolute Gasteiger partial charge is 0.265 e. The lowest BCUT2D eigenvalue weighted by Gasteiger charge is -2.46. The molecule has 2 aliphatic rings. The van der Waals surface area contributed by atoms with Crippen molar-refractivity contribution in [3.8, 4) is 11.8 Å². The minimum atomic E-state index is 0.0959. The maximum Gasteiger partial charge on any atom is 0.265 e. The Morgan fingerprint density at radius 2 is 1.84 bits per heavy atom. The zero-order valence-corrected chi connectivity index (χ0v) is 15.0. The summed E-state index contributed by atoms with van der Waals surface area (Å²) in [7, 11) is 0. The van der Waals surface area contributed by atoms with Crippen molar-refractivity contribution in [1.82, 2.24) is 14.8 Å². The largest absolute Gasteiger partial charge is 0.335 e. The molecule has 25 heavy (non-hydrogen) atoms. The van der Waals surface area contributed by atoms with Crippen LogP contribution in [-0.2, 0) is 0 Å². The number of amides is 1. The van der Waals surface area contributed by atoms with Gasteiger partial charge in [0.1, 0.15) is 4.88 Å². The van der Waals surface area contributed by atoms with Gasteiger partial charge in [0.05, 0.1) is 6.20 Å². The standard InChI is InChI=1S/C20H21N3OS/c24-20(23-14-17(15-23)22-11-5-2-6-12-22)18-13-21-19(25-18)10-9-16-7-3-1-4-8-16/h1,3-4,7-8,13,17H,2,5-6,11-12,14-15H2. The second-order valence-electron chi connectivity index (χ2n) is 6.61. The number of hydrogen-bond donors (Lipinski definition) is 0. The van der Waals surface area contributed by atoms with Crippen molar-refractivity contribution in [3.63, 3.8) is 0 Å². The molecule has 4 nitrogen and oxygen atoms in total. The van der Waals surface area contributed by atoms with E-state index < -0.39 is 0 Å². The fourth-order valence-corrected chi connectivity index (χ4v) is 4.11. The van der Waals surface area contributed by atoms with E-state index in [1.807, 2.05) is 35.2 Å². The Hall–Kier alpha value is -2.16. The topological polar surface area (TPSA) is 36.4 Å².